The Morgan fingerprint density at radius 1 is 1.23 bits per heavy atom. The van der Waals surface area contributed by atoms with Crippen molar-refractivity contribution in [1.82, 2.24) is 9.55 Å². The number of nitrogens with zero attached hydrogens (tertiary/aromatic N) is 4. The number of aliphatic hydroxyl groups is 5. The van der Waals surface area contributed by atoms with Crippen molar-refractivity contribution in [2.75, 3.05) is 13.2 Å². The predicted molar refractivity (Wildman–Crippen MR) is 118 cm³/mol. The molecular weight excluding hydrogens is 584 g/mol. The number of phosphoric ester groups is 1. The van der Waals surface area contributed by atoms with Gasteiger partial charge in [0.2, 0.25) is 5.75 Å². The summed E-state index contributed by atoms with van der Waals surface area (Å²) < 4.78 is 41.4. The van der Waals surface area contributed by atoms with Gasteiger partial charge in [-0.15, -0.1) is 0 Å². The molecule has 1 fully saturated rings. The Kier molecular flexibility index (Phi) is 11.1. The van der Waals surface area contributed by atoms with Gasteiger partial charge in [0.15, 0.2) is 6.10 Å². The Bertz CT molecular complexity index is 1290. The van der Waals surface area contributed by atoms with E-state index in [1.54, 1.807) is 4.98 Å². The lowest BCUT2D eigenvalue weighted by Crippen LogP contribution is -2.51. The largest absolute Gasteiger partial charge is 0.482 e. The van der Waals surface area contributed by atoms with E-state index in [-0.39, 0.29) is 6.42 Å². The fourth-order valence-corrected chi connectivity index (χ4v) is 4.94. The number of azide groups is 1. The van der Waals surface area contributed by atoms with Crippen molar-refractivity contribution < 1.29 is 72.4 Å². The first-order chi connectivity index (χ1) is 18.0. The zero-order valence-corrected chi connectivity index (χ0v) is 21.0. The van der Waals surface area contributed by atoms with Crippen LogP contribution in [0, 0.1) is 0 Å². The highest BCUT2D eigenvalue weighted by Crippen LogP contribution is 2.58. The quantitative estimate of drug-likeness (QED) is 0.0340. The first-order valence-electron chi connectivity index (χ1n) is 10.3. The van der Waals surface area contributed by atoms with Gasteiger partial charge in [-0.05, 0) is 5.53 Å². The Labute approximate surface area is 215 Å². The summed E-state index contributed by atoms with van der Waals surface area (Å²) in [5.41, 5.74) is 6.11. The molecule has 1 saturated heterocycles. The Balaban J connectivity index is 2.43. The van der Waals surface area contributed by atoms with Gasteiger partial charge in [0.05, 0.1) is 31.6 Å². The van der Waals surface area contributed by atoms with Gasteiger partial charge in [-0.2, -0.15) is 4.31 Å². The summed E-state index contributed by atoms with van der Waals surface area (Å²) in [4.78, 5) is 68.6. The molecule has 8 atom stereocenters. The van der Waals surface area contributed by atoms with Crippen LogP contribution in [0.15, 0.2) is 20.9 Å². The minimum atomic E-state index is -5.94. The zero-order valence-electron chi connectivity index (χ0n) is 19.2. The highest BCUT2D eigenvalue weighted by molar-refractivity contribution is 7.60. The number of phosphoric acid groups is 2. The second-order valence-corrected chi connectivity index (χ2v) is 10.5. The van der Waals surface area contributed by atoms with Crippen LogP contribution in [0.2, 0.25) is 0 Å². The summed E-state index contributed by atoms with van der Waals surface area (Å²) in [6.07, 6.45) is -12.3. The van der Waals surface area contributed by atoms with Gasteiger partial charge in [-0.25, -0.2) is 18.7 Å². The average molecular weight is 607 g/mol. The van der Waals surface area contributed by atoms with Crippen LogP contribution >= 0.6 is 15.6 Å². The number of carbonyl (C=O) groups is 1. The number of hydrogen-bond acceptors (Lipinski definition) is 15. The van der Waals surface area contributed by atoms with E-state index < -0.39 is 94.6 Å². The smallest absolute Gasteiger partial charge is 0.417 e. The van der Waals surface area contributed by atoms with Gasteiger partial charge < -0.3 is 49.7 Å². The Hall–Kier alpha value is -2.52. The molecule has 24 heteroatoms. The van der Waals surface area contributed by atoms with E-state index in [4.69, 9.17) is 29.9 Å². The number of H-pyrrole nitrogens is 1. The maximum atomic E-state index is 12.7. The molecule has 1 unspecified atom stereocenters. The average Bonchev–Trinajstić information content (AvgIpc) is 3.24. The SMILES string of the molecule is [N-]=[N+]=N[C@H]1C[C@H](n2cc(OC(=O)[C@H](OP(=O)(O)OP(=O)(O)O)[C@@H](O)[C@H](O)[C@H](O)CO)c(=O)[nH]c2=O)O[C@@H]1CO. The Morgan fingerprint density at radius 2 is 1.87 bits per heavy atom. The summed E-state index contributed by atoms with van der Waals surface area (Å²) >= 11 is 0. The third-order valence-corrected chi connectivity index (χ3v) is 7.14. The van der Waals surface area contributed by atoms with Crippen molar-refractivity contribution >= 4 is 21.6 Å². The summed E-state index contributed by atoms with van der Waals surface area (Å²) in [6.45, 7) is -1.84. The first-order valence-corrected chi connectivity index (χ1v) is 13.4. The first kappa shape index (κ1) is 32.7. The summed E-state index contributed by atoms with van der Waals surface area (Å²) in [5.74, 6) is -3.06. The van der Waals surface area contributed by atoms with E-state index in [2.05, 4.69) is 18.9 Å². The van der Waals surface area contributed by atoms with Crippen molar-refractivity contribution in [3.8, 4) is 5.75 Å². The molecule has 0 spiro atoms. The molecule has 0 aromatic carbocycles. The summed E-state index contributed by atoms with van der Waals surface area (Å²) in [5, 5.41) is 51.4. The molecule has 1 aromatic heterocycles. The van der Waals surface area contributed by atoms with Gasteiger partial charge in [0, 0.05) is 11.3 Å². The van der Waals surface area contributed by atoms with Crippen LogP contribution in [0.5, 0.6) is 5.75 Å². The zero-order chi connectivity index (χ0) is 29.7. The van der Waals surface area contributed by atoms with Crippen LogP contribution in [0.25, 0.3) is 10.4 Å². The van der Waals surface area contributed by atoms with Crippen LogP contribution < -0.4 is 16.0 Å². The second kappa shape index (κ2) is 13.2. The van der Waals surface area contributed by atoms with Crippen molar-refractivity contribution in [3.63, 3.8) is 0 Å². The minimum absolute atomic E-state index is 0.197. The second-order valence-electron chi connectivity index (χ2n) is 7.70. The fourth-order valence-electron chi connectivity index (χ4n) is 3.21. The fraction of sp³-hybridized carbons (Fsp3) is 0.667. The maximum absolute atomic E-state index is 12.7. The molecule has 2 heterocycles. The van der Waals surface area contributed by atoms with Crippen LogP contribution in [0.4, 0.5) is 0 Å². The molecule has 220 valence electrons. The number of aromatic nitrogens is 2. The number of hydrogen-bond donors (Lipinski definition) is 9. The van der Waals surface area contributed by atoms with E-state index in [1.807, 2.05) is 0 Å². The molecule has 2 rings (SSSR count). The number of carbonyl (C=O) groups excluding carboxylic acids is 1. The van der Waals surface area contributed by atoms with Crippen LogP contribution in [0.1, 0.15) is 12.6 Å². The topological polar surface area (TPSA) is 354 Å². The lowest BCUT2D eigenvalue weighted by molar-refractivity contribution is -0.160. The van der Waals surface area contributed by atoms with Gasteiger partial charge in [0.25, 0.3) is 5.56 Å². The molecular formula is C15H23N5O17P2. The molecule has 0 saturated carbocycles. The molecule has 0 bridgehead atoms. The number of nitrogens with one attached hydrogen (secondary N) is 1. The van der Waals surface area contributed by atoms with Gasteiger partial charge in [-0.3, -0.25) is 18.9 Å². The standard InChI is InChI=1S/C15H23N5O17P2/c16-19-18-5-1-9(34-8(5)4-22)20-2-7(13(26)17-15(20)28)35-14(27)12(11(25)10(24)6(23)3-21)36-39(32,33)37-38(29,30)31/h2,5-6,8-12,21-25H,1,3-4H2,(H,32,33)(H,17,26,28)(H2,29,30,31)/t5-,6+,8+,9+,10+,11-,12+/m0/s1. The molecule has 0 amide bonds. The molecule has 0 aliphatic carbocycles. The van der Waals surface area contributed by atoms with Crippen molar-refractivity contribution in [2.24, 2.45) is 5.11 Å². The molecule has 1 aliphatic rings. The van der Waals surface area contributed by atoms with Gasteiger partial charge >= 0.3 is 27.3 Å². The third kappa shape index (κ3) is 8.73. The minimum Gasteiger partial charge on any atom is -0.417 e. The molecule has 1 aromatic rings. The molecule has 22 nitrogen and oxygen atoms in total. The summed E-state index contributed by atoms with van der Waals surface area (Å²) in [6, 6.07) is -0.949. The van der Waals surface area contributed by atoms with E-state index in [9.17, 15) is 48.8 Å². The number of aliphatic hydroxyl groups excluding tert-OH is 5. The molecule has 0 radical (unpaired) electrons. The maximum Gasteiger partial charge on any atom is 0.482 e. The van der Waals surface area contributed by atoms with Crippen LogP contribution in [-0.4, -0.2) is 106 Å². The Morgan fingerprint density at radius 3 is 2.41 bits per heavy atom. The van der Waals surface area contributed by atoms with Crippen molar-refractivity contribution in [1.29, 1.82) is 0 Å². The number of ether oxygens (including phenoxy) is 2. The lowest BCUT2D eigenvalue weighted by Gasteiger charge is -2.28. The van der Waals surface area contributed by atoms with E-state index in [1.165, 1.54) is 0 Å². The molecule has 1 aliphatic heterocycles. The van der Waals surface area contributed by atoms with Gasteiger partial charge in [-0.1, -0.05) is 5.11 Å². The summed E-state index contributed by atoms with van der Waals surface area (Å²) in [7, 11) is -11.7. The van der Waals surface area contributed by atoms with E-state index >= 15 is 0 Å². The number of esters is 1. The molecule has 9 N–H and O–H groups in total. The third-order valence-electron chi connectivity index (χ3n) is 4.97. The van der Waals surface area contributed by atoms with Crippen molar-refractivity contribution in [3.05, 3.63) is 37.5 Å². The predicted octanol–water partition coefficient (Wildman–Crippen LogP) is -3.93. The van der Waals surface area contributed by atoms with Crippen LogP contribution in [0.3, 0.4) is 0 Å². The normalized spacial score (nSPS) is 24.2. The lowest BCUT2D eigenvalue weighted by atomic mass is 10.0. The van der Waals surface area contributed by atoms with Crippen LogP contribution in [-0.2, 0) is 27.5 Å². The van der Waals surface area contributed by atoms with E-state index in [0.29, 0.717) is 10.8 Å². The van der Waals surface area contributed by atoms with Crippen molar-refractivity contribution in [2.45, 2.75) is 49.2 Å². The molecule has 39 heavy (non-hydrogen) atoms. The van der Waals surface area contributed by atoms with Gasteiger partial charge in [0.1, 0.15) is 24.5 Å². The number of rotatable bonds is 13. The highest BCUT2D eigenvalue weighted by Gasteiger charge is 2.45. The monoisotopic (exact) mass is 607 g/mol. The highest BCUT2D eigenvalue weighted by atomic mass is 31.3. The number of aromatic amines is 1. The van der Waals surface area contributed by atoms with E-state index in [0.717, 1.165) is 0 Å².